The zero-order valence-electron chi connectivity index (χ0n) is 10.2. The number of aromatic hydroxyl groups is 1. The maximum atomic E-state index is 9.39. The summed E-state index contributed by atoms with van der Waals surface area (Å²) in [6.45, 7) is 2.80. The van der Waals surface area contributed by atoms with Crippen LogP contribution < -0.4 is 5.32 Å². The lowest BCUT2D eigenvalue weighted by Crippen LogP contribution is -2.17. The summed E-state index contributed by atoms with van der Waals surface area (Å²) in [6.07, 6.45) is 0. The Balaban J connectivity index is 1.98. The Morgan fingerprint density at radius 2 is 1.94 bits per heavy atom. The minimum absolute atomic E-state index is 0.214. The number of nitrogens with one attached hydrogen (secondary N) is 1. The van der Waals surface area contributed by atoms with Gasteiger partial charge in [0.05, 0.1) is 0 Å². The van der Waals surface area contributed by atoms with E-state index in [4.69, 9.17) is 11.6 Å². The third kappa shape index (κ3) is 3.49. The van der Waals surface area contributed by atoms with E-state index in [1.54, 1.807) is 12.1 Å². The third-order valence-corrected chi connectivity index (χ3v) is 3.11. The van der Waals surface area contributed by atoms with E-state index in [0.29, 0.717) is 12.3 Å². The average molecular weight is 262 g/mol. The van der Waals surface area contributed by atoms with Crippen LogP contribution in [-0.2, 0) is 6.54 Å². The zero-order chi connectivity index (χ0) is 13.0. The molecule has 0 aromatic heterocycles. The molecule has 94 valence electrons. The normalized spacial score (nSPS) is 12.3. The maximum Gasteiger partial charge on any atom is 0.115 e. The fourth-order valence-electron chi connectivity index (χ4n) is 1.83. The summed E-state index contributed by atoms with van der Waals surface area (Å²) in [5, 5.41) is 13.5. The van der Waals surface area contributed by atoms with E-state index in [2.05, 4.69) is 12.2 Å². The van der Waals surface area contributed by atoms with Crippen LogP contribution in [0.4, 0.5) is 0 Å². The van der Waals surface area contributed by atoms with Crippen molar-refractivity contribution in [1.29, 1.82) is 0 Å². The highest BCUT2D eigenvalue weighted by Crippen LogP contribution is 2.18. The van der Waals surface area contributed by atoms with Crippen molar-refractivity contribution in [2.45, 2.75) is 19.5 Å². The van der Waals surface area contributed by atoms with Crippen LogP contribution >= 0.6 is 11.6 Å². The van der Waals surface area contributed by atoms with E-state index in [1.807, 2.05) is 36.4 Å². The summed E-state index contributed by atoms with van der Waals surface area (Å²) in [5.41, 5.74) is 2.21. The minimum Gasteiger partial charge on any atom is -0.508 e. The monoisotopic (exact) mass is 261 g/mol. The smallest absolute Gasteiger partial charge is 0.115 e. The summed E-state index contributed by atoms with van der Waals surface area (Å²) in [5.74, 6) is 0.296. The van der Waals surface area contributed by atoms with Crippen LogP contribution in [0.25, 0.3) is 0 Å². The molecular weight excluding hydrogens is 246 g/mol. The fourth-order valence-corrected chi connectivity index (χ4v) is 2.03. The number of benzene rings is 2. The molecule has 0 radical (unpaired) electrons. The molecule has 1 atom stereocenters. The molecular formula is C15H16ClNO. The van der Waals surface area contributed by atoms with Gasteiger partial charge in [-0.1, -0.05) is 35.9 Å². The molecule has 2 N–H and O–H groups in total. The van der Waals surface area contributed by atoms with Crippen LogP contribution in [0.5, 0.6) is 5.75 Å². The van der Waals surface area contributed by atoms with Gasteiger partial charge in [0.15, 0.2) is 0 Å². The Kier molecular flexibility index (Phi) is 4.24. The first-order valence-electron chi connectivity index (χ1n) is 5.92. The average Bonchev–Trinajstić information content (AvgIpc) is 2.36. The second-order valence-electron chi connectivity index (χ2n) is 4.33. The second kappa shape index (κ2) is 5.89. The van der Waals surface area contributed by atoms with Crippen molar-refractivity contribution in [3.8, 4) is 5.75 Å². The van der Waals surface area contributed by atoms with Gasteiger partial charge in [-0.05, 0) is 42.3 Å². The van der Waals surface area contributed by atoms with Gasteiger partial charge in [0.25, 0.3) is 0 Å². The van der Waals surface area contributed by atoms with E-state index in [1.165, 1.54) is 0 Å². The van der Waals surface area contributed by atoms with Gasteiger partial charge in [-0.2, -0.15) is 0 Å². The molecule has 2 rings (SSSR count). The summed E-state index contributed by atoms with van der Waals surface area (Å²) >= 11 is 5.97. The van der Waals surface area contributed by atoms with Crippen molar-refractivity contribution >= 4 is 11.6 Å². The van der Waals surface area contributed by atoms with Gasteiger partial charge in [-0.15, -0.1) is 0 Å². The second-order valence-corrected chi connectivity index (χ2v) is 4.76. The number of hydrogen-bond acceptors (Lipinski definition) is 2. The van der Waals surface area contributed by atoms with Crippen molar-refractivity contribution in [3.05, 3.63) is 64.7 Å². The predicted octanol–water partition coefficient (Wildman–Crippen LogP) is 3.90. The van der Waals surface area contributed by atoms with Crippen molar-refractivity contribution in [2.24, 2.45) is 0 Å². The predicted molar refractivity (Wildman–Crippen MR) is 74.8 cm³/mol. The first-order valence-corrected chi connectivity index (χ1v) is 6.30. The molecule has 0 aliphatic carbocycles. The molecule has 18 heavy (non-hydrogen) atoms. The van der Waals surface area contributed by atoms with Gasteiger partial charge in [-0.25, -0.2) is 0 Å². The first kappa shape index (κ1) is 12.9. The molecule has 2 aromatic rings. The van der Waals surface area contributed by atoms with E-state index < -0.39 is 0 Å². The largest absolute Gasteiger partial charge is 0.508 e. The number of phenols is 1. The molecule has 0 unspecified atom stereocenters. The van der Waals surface area contributed by atoms with Gasteiger partial charge in [0.1, 0.15) is 5.75 Å². The van der Waals surface area contributed by atoms with Gasteiger partial charge >= 0.3 is 0 Å². The first-order chi connectivity index (χ1) is 8.65. The molecule has 0 spiro atoms. The Morgan fingerprint density at radius 1 is 1.17 bits per heavy atom. The van der Waals surface area contributed by atoms with E-state index >= 15 is 0 Å². The maximum absolute atomic E-state index is 9.39. The molecule has 0 bridgehead atoms. The number of hydrogen-bond donors (Lipinski definition) is 2. The van der Waals surface area contributed by atoms with Crippen LogP contribution in [0.15, 0.2) is 48.5 Å². The summed E-state index contributed by atoms with van der Waals surface area (Å²) in [7, 11) is 0. The van der Waals surface area contributed by atoms with Gasteiger partial charge in [-0.3, -0.25) is 0 Å². The molecule has 2 aromatic carbocycles. The summed E-state index contributed by atoms with van der Waals surface area (Å²) in [4.78, 5) is 0. The van der Waals surface area contributed by atoms with E-state index in [0.717, 1.165) is 16.1 Å². The SMILES string of the molecule is C[C@@H](NCc1cccc(O)c1)c1cccc(Cl)c1. The lowest BCUT2D eigenvalue weighted by atomic mass is 10.1. The molecule has 0 aliphatic rings. The quantitative estimate of drug-likeness (QED) is 0.875. The molecule has 0 amide bonds. The molecule has 0 heterocycles. The van der Waals surface area contributed by atoms with Gasteiger partial charge in [0.2, 0.25) is 0 Å². The highest BCUT2D eigenvalue weighted by Gasteiger charge is 2.05. The molecule has 0 saturated carbocycles. The molecule has 2 nitrogen and oxygen atoms in total. The van der Waals surface area contributed by atoms with Crippen LogP contribution in [0.2, 0.25) is 5.02 Å². The van der Waals surface area contributed by atoms with Crippen molar-refractivity contribution in [2.75, 3.05) is 0 Å². The Labute approximate surface area is 112 Å². The molecule has 3 heteroatoms. The van der Waals surface area contributed by atoms with Crippen LogP contribution in [0.3, 0.4) is 0 Å². The topological polar surface area (TPSA) is 32.3 Å². The fraction of sp³-hybridized carbons (Fsp3) is 0.200. The number of rotatable bonds is 4. The van der Waals surface area contributed by atoms with E-state index in [9.17, 15) is 5.11 Å². The zero-order valence-corrected chi connectivity index (χ0v) is 11.0. The highest BCUT2D eigenvalue weighted by molar-refractivity contribution is 6.30. The highest BCUT2D eigenvalue weighted by atomic mass is 35.5. The Bertz CT molecular complexity index is 527. The lowest BCUT2D eigenvalue weighted by molar-refractivity contribution is 0.473. The van der Waals surface area contributed by atoms with Gasteiger partial charge in [0, 0.05) is 17.6 Å². The Hall–Kier alpha value is -1.51. The van der Waals surface area contributed by atoms with Gasteiger partial charge < -0.3 is 10.4 Å². The minimum atomic E-state index is 0.214. The van der Waals surface area contributed by atoms with E-state index in [-0.39, 0.29) is 6.04 Å². The Morgan fingerprint density at radius 3 is 2.67 bits per heavy atom. The number of halogens is 1. The molecule has 0 saturated heterocycles. The van der Waals surface area contributed by atoms with Crippen LogP contribution in [-0.4, -0.2) is 5.11 Å². The van der Waals surface area contributed by atoms with Crippen LogP contribution in [0.1, 0.15) is 24.1 Å². The molecule has 0 aliphatic heterocycles. The summed E-state index contributed by atoms with van der Waals surface area (Å²) in [6, 6.07) is 15.3. The van der Waals surface area contributed by atoms with Crippen molar-refractivity contribution in [3.63, 3.8) is 0 Å². The molecule has 0 fully saturated rings. The van der Waals surface area contributed by atoms with Crippen LogP contribution in [0, 0.1) is 0 Å². The third-order valence-electron chi connectivity index (χ3n) is 2.87. The van der Waals surface area contributed by atoms with Crippen molar-refractivity contribution < 1.29 is 5.11 Å². The summed E-state index contributed by atoms with van der Waals surface area (Å²) < 4.78 is 0. The number of phenolic OH excluding ortho intramolecular Hbond substituents is 1. The van der Waals surface area contributed by atoms with Crippen molar-refractivity contribution in [1.82, 2.24) is 5.32 Å². The lowest BCUT2D eigenvalue weighted by Gasteiger charge is -2.14. The standard InChI is InChI=1S/C15H16ClNO/c1-11(13-5-3-6-14(16)9-13)17-10-12-4-2-7-15(18)8-12/h2-9,11,17-18H,10H2,1H3/t11-/m1/s1.